The summed E-state index contributed by atoms with van der Waals surface area (Å²) < 4.78 is 5.73. The topological polar surface area (TPSA) is 53.0 Å². The van der Waals surface area contributed by atoms with Crippen molar-refractivity contribution in [1.29, 1.82) is 0 Å². The molecule has 4 nitrogen and oxygen atoms in total. The lowest BCUT2D eigenvalue weighted by molar-refractivity contribution is -0.772. The summed E-state index contributed by atoms with van der Waals surface area (Å²) in [6.45, 7) is 0. The maximum atomic E-state index is 10.6. The van der Waals surface area contributed by atoms with Gasteiger partial charge in [0.2, 0.25) is 0 Å². The molecule has 0 saturated heterocycles. The van der Waals surface area contributed by atoms with Gasteiger partial charge in [0.05, 0.1) is 5.27 Å². The summed E-state index contributed by atoms with van der Waals surface area (Å²) in [6, 6.07) is 0. The normalized spacial score (nSPS) is 10.0. The third-order valence-corrected chi connectivity index (χ3v) is 1.73. The Balaban J connectivity index is 3.07. The lowest BCUT2D eigenvalue weighted by Crippen LogP contribution is -2.31. The van der Waals surface area contributed by atoms with Crippen molar-refractivity contribution in [3.63, 3.8) is 0 Å². The second kappa shape index (κ2) is 2.26. The van der Waals surface area contributed by atoms with Crippen LogP contribution in [0.25, 0.3) is 0 Å². The molecule has 1 rings (SSSR count). The van der Waals surface area contributed by atoms with Crippen LogP contribution in [0.5, 0.6) is 5.95 Å². The quantitative estimate of drug-likeness (QED) is 0.388. The number of thioether (sulfide) groups is 1. The summed E-state index contributed by atoms with van der Waals surface area (Å²) in [4.78, 5) is 0. The highest BCUT2D eigenvalue weighted by molar-refractivity contribution is 7.98. The molecule has 0 bridgehead atoms. The zero-order valence-corrected chi connectivity index (χ0v) is 5.94. The molecule has 5 heteroatoms. The van der Waals surface area contributed by atoms with Gasteiger partial charge in [-0.3, -0.25) is 0 Å². The molecule has 1 aromatic heterocycles. The van der Waals surface area contributed by atoms with E-state index in [1.54, 1.807) is 13.3 Å². The van der Waals surface area contributed by atoms with E-state index in [0.717, 1.165) is 0 Å². The first-order valence-electron chi connectivity index (χ1n) is 2.32. The highest BCUT2D eigenvalue weighted by Gasteiger charge is 2.09. The predicted molar refractivity (Wildman–Crippen MR) is 28.9 cm³/mol. The Hall–Kier alpha value is -0.710. The Bertz CT molecular complexity index is 191. The average molecular weight is 146 g/mol. The summed E-state index contributed by atoms with van der Waals surface area (Å²) in [7, 11) is 1.66. The molecule has 1 heterocycles. The Kier molecular flexibility index (Phi) is 1.61. The number of nitrogens with zero attached hydrogens (tertiary/aromatic N) is 2. The van der Waals surface area contributed by atoms with Crippen molar-refractivity contribution in [3.05, 3.63) is 0 Å². The molecule has 0 aliphatic heterocycles. The molecular formula is C4H6N2O2S. The van der Waals surface area contributed by atoms with Gasteiger partial charge in [-0.05, 0) is 6.26 Å². The maximum absolute atomic E-state index is 10.6. The number of hydrogen-bond acceptors (Lipinski definition) is 4. The smallest absolute Gasteiger partial charge is 0.290 e. The van der Waals surface area contributed by atoms with E-state index in [-0.39, 0.29) is 5.95 Å². The van der Waals surface area contributed by atoms with Crippen molar-refractivity contribution in [2.45, 2.75) is 5.03 Å². The lowest BCUT2D eigenvalue weighted by Gasteiger charge is -1.86. The molecule has 0 amide bonds. The molecule has 0 N–H and O–H groups in total. The molecule has 0 atom stereocenters. The molecular weight excluding hydrogens is 140 g/mol. The van der Waals surface area contributed by atoms with E-state index in [1.165, 1.54) is 16.4 Å². The van der Waals surface area contributed by atoms with E-state index in [2.05, 4.69) is 9.79 Å². The van der Waals surface area contributed by atoms with Gasteiger partial charge in [-0.15, -0.1) is 0 Å². The van der Waals surface area contributed by atoms with E-state index in [1.807, 2.05) is 0 Å². The van der Waals surface area contributed by atoms with Gasteiger partial charge in [-0.1, -0.05) is 16.4 Å². The third kappa shape index (κ3) is 0.999. The second-order valence-electron chi connectivity index (χ2n) is 1.49. The minimum Gasteiger partial charge on any atom is -0.538 e. The number of hydrogen-bond donors (Lipinski definition) is 0. The predicted octanol–water partition coefficient (Wildman–Crippen LogP) is -0.705. The first kappa shape index (κ1) is 6.41. The van der Waals surface area contributed by atoms with Crippen molar-refractivity contribution in [1.82, 2.24) is 5.27 Å². The van der Waals surface area contributed by atoms with Gasteiger partial charge in [-0.2, -0.15) is 0 Å². The summed E-state index contributed by atoms with van der Waals surface area (Å²) in [5, 5.41) is 14.5. The van der Waals surface area contributed by atoms with Crippen LogP contribution in [0.1, 0.15) is 0 Å². The maximum Gasteiger partial charge on any atom is 0.290 e. The fourth-order valence-electron chi connectivity index (χ4n) is 0.522. The first-order valence-corrected chi connectivity index (χ1v) is 3.55. The summed E-state index contributed by atoms with van der Waals surface area (Å²) in [6.07, 6.45) is 1.80. The van der Waals surface area contributed by atoms with Gasteiger partial charge in [0.15, 0.2) is 13.0 Å². The average Bonchev–Trinajstić information content (AvgIpc) is 2.12. The summed E-state index contributed by atoms with van der Waals surface area (Å²) in [5.74, 6) is -0.370. The van der Waals surface area contributed by atoms with E-state index in [0.29, 0.717) is 5.03 Å². The molecule has 0 aromatic carbocycles. The Labute approximate surface area is 56.4 Å². The Morgan fingerprint density at radius 1 is 1.78 bits per heavy atom. The van der Waals surface area contributed by atoms with Crippen LogP contribution in [0.4, 0.5) is 0 Å². The molecule has 50 valence electrons. The van der Waals surface area contributed by atoms with E-state index >= 15 is 0 Å². The molecule has 1 aromatic rings. The Morgan fingerprint density at radius 3 is 2.67 bits per heavy atom. The van der Waals surface area contributed by atoms with Crippen molar-refractivity contribution >= 4 is 11.8 Å². The summed E-state index contributed by atoms with van der Waals surface area (Å²) in [5.41, 5.74) is 0. The van der Waals surface area contributed by atoms with Crippen molar-refractivity contribution in [2.24, 2.45) is 7.05 Å². The lowest BCUT2D eigenvalue weighted by atomic mass is 10.9. The van der Waals surface area contributed by atoms with Crippen LogP contribution in [-0.2, 0) is 7.05 Å². The van der Waals surface area contributed by atoms with Gasteiger partial charge >= 0.3 is 0 Å². The number of rotatable bonds is 1. The van der Waals surface area contributed by atoms with Crippen LogP contribution in [-0.4, -0.2) is 11.5 Å². The molecule has 0 unspecified atom stereocenters. The summed E-state index contributed by atoms with van der Waals surface area (Å²) >= 11 is 1.32. The second-order valence-corrected chi connectivity index (χ2v) is 2.29. The van der Waals surface area contributed by atoms with Crippen LogP contribution in [0.15, 0.2) is 9.55 Å². The van der Waals surface area contributed by atoms with Crippen LogP contribution < -0.4 is 9.79 Å². The number of aryl methyl sites for hydroxylation is 1. The highest BCUT2D eigenvalue weighted by atomic mass is 32.2. The first-order chi connectivity index (χ1) is 4.25. The monoisotopic (exact) mass is 146 g/mol. The fourth-order valence-corrected chi connectivity index (χ4v) is 1.02. The van der Waals surface area contributed by atoms with Crippen LogP contribution in [0.2, 0.25) is 0 Å². The van der Waals surface area contributed by atoms with Crippen LogP contribution in [0.3, 0.4) is 0 Å². The van der Waals surface area contributed by atoms with E-state index in [4.69, 9.17) is 0 Å². The molecule has 0 fully saturated rings. The van der Waals surface area contributed by atoms with Gasteiger partial charge in [0.1, 0.15) is 0 Å². The van der Waals surface area contributed by atoms with Crippen molar-refractivity contribution in [2.75, 3.05) is 6.26 Å². The fraction of sp³-hybridized carbons (Fsp3) is 0.500. The van der Waals surface area contributed by atoms with E-state index < -0.39 is 0 Å². The standard InChI is InChI=1S/C4H6N2O2S/c1-6-3(9-2)4(7)8-5-6/h1-2H3. The SMILES string of the molecule is CSc1c([O-])on[n+]1C. The largest absolute Gasteiger partial charge is 0.538 e. The molecule has 0 radical (unpaired) electrons. The van der Waals surface area contributed by atoms with Gasteiger partial charge in [-0.25, -0.2) is 0 Å². The zero-order valence-electron chi connectivity index (χ0n) is 5.12. The molecule has 0 aliphatic rings. The van der Waals surface area contributed by atoms with Crippen LogP contribution in [0, 0.1) is 0 Å². The molecule has 0 saturated carbocycles. The van der Waals surface area contributed by atoms with Crippen molar-refractivity contribution < 1.29 is 14.3 Å². The van der Waals surface area contributed by atoms with Gasteiger partial charge in [0.25, 0.3) is 5.03 Å². The molecule has 0 spiro atoms. The van der Waals surface area contributed by atoms with E-state index in [9.17, 15) is 5.11 Å². The minimum absolute atomic E-state index is 0.370. The molecule has 9 heavy (non-hydrogen) atoms. The molecule has 0 aliphatic carbocycles. The van der Waals surface area contributed by atoms with Crippen molar-refractivity contribution in [3.8, 4) is 5.95 Å². The van der Waals surface area contributed by atoms with Crippen LogP contribution >= 0.6 is 11.8 Å². The third-order valence-electron chi connectivity index (χ3n) is 0.908. The number of aromatic nitrogens is 2. The Morgan fingerprint density at radius 2 is 2.44 bits per heavy atom. The van der Waals surface area contributed by atoms with Gasteiger partial charge in [0, 0.05) is 0 Å². The highest BCUT2D eigenvalue weighted by Crippen LogP contribution is 2.16. The zero-order chi connectivity index (χ0) is 6.85. The minimum atomic E-state index is -0.370. The van der Waals surface area contributed by atoms with Gasteiger partial charge < -0.3 is 9.63 Å².